The number of anilines is 6. The Morgan fingerprint density at radius 2 is 0.700 bits per heavy atom. The Bertz CT molecular complexity index is 3290. The molecule has 0 aliphatic carbocycles. The van der Waals surface area contributed by atoms with Crippen molar-refractivity contribution < 1.29 is 27.8 Å². The molecule has 0 N–H and O–H groups in total. The second kappa shape index (κ2) is 12.7. The van der Waals surface area contributed by atoms with E-state index in [0.29, 0.717) is 0 Å². The molecular weight excluding hydrogens is 749 g/mol. The summed E-state index contributed by atoms with van der Waals surface area (Å²) in [5.74, 6) is 2.91. The van der Waals surface area contributed by atoms with Crippen LogP contribution in [0.4, 0.5) is 34.1 Å². The topological polar surface area (TPSA) is 69.7 Å². The first-order valence-corrected chi connectivity index (χ1v) is 19.9. The largest absolute Gasteiger partial charge is 0.456 e. The van der Waals surface area contributed by atoms with Crippen molar-refractivity contribution in [3.05, 3.63) is 170 Å². The molecule has 0 radical (unpaired) electrons. The van der Waals surface area contributed by atoms with Crippen molar-refractivity contribution in [2.24, 2.45) is 0 Å². The minimum absolute atomic E-state index is 0.205. The molecule has 60 heavy (non-hydrogen) atoms. The van der Waals surface area contributed by atoms with Gasteiger partial charge in [-0.3, -0.25) is 0 Å². The fourth-order valence-electron chi connectivity index (χ4n) is 9.23. The number of para-hydroxylation sites is 2. The molecule has 0 unspecified atom stereocenters. The van der Waals surface area contributed by atoms with Crippen LogP contribution in [0.15, 0.2) is 179 Å². The number of nitrogens with zero attached hydrogens (tertiary/aromatic N) is 2. The minimum Gasteiger partial charge on any atom is -0.456 e. The quantitative estimate of drug-likeness (QED) is 0.165. The van der Waals surface area contributed by atoms with Crippen LogP contribution in [0.1, 0.15) is 0 Å². The van der Waals surface area contributed by atoms with E-state index in [1.54, 1.807) is 0 Å². The van der Waals surface area contributed by atoms with E-state index >= 15 is 0 Å². The molecule has 2 aliphatic heterocycles. The third-order valence-electron chi connectivity index (χ3n) is 11.8. The van der Waals surface area contributed by atoms with Crippen LogP contribution in [0, 0.1) is 0 Å². The average Bonchev–Trinajstić information content (AvgIpc) is 4.12. The Kier molecular flexibility index (Phi) is 6.97. The first-order valence-electron chi connectivity index (χ1n) is 19.9. The van der Waals surface area contributed by atoms with Gasteiger partial charge in [-0.15, -0.1) is 0 Å². The van der Waals surface area contributed by atoms with E-state index in [2.05, 4.69) is 131 Å². The lowest BCUT2D eigenvalue weighted by molar-refractivity contribution is 0.173. The number of benzene rings is 9. The van der Waals surface area contributed by atoms with Gasteiger partial charge in [-0.25, -0.2) is 0 Å². The smallest absolute Gasteiger partial charge is 0.231 e. The number of fused-ring (bicyclic) bond motifs is 13. The van der Waals surface area contributed by atoms with E-state index in [4.69, 9.17) is 27.8 Å². The number of hydrogen-bond acceptors (Lipinski definition) is 8. The van der Waals surface area contributed by atoms with Gasteiger partial charge in [-0.05, 0) is 71.4 Å². The maximum Gasteiger partial charge on any atom is 0.231 e. The molecule has 0 fully saturated rings. The molecule has 2 aromatic heterocycles. The Labute approximate surface area is 342 Å². The maximum absolute atomic E-state index is 6.91. The third kappa shape index (κ3) is 4.85. The molecule has 0 atom stereocenters. The van der Waals surface area contributed by atoms with Crippen molar-refractivity contribution in [1.82, 2.24) is 0 Å². The normalized spacial score (nSPS) is 13.1. The first kappa shape index (κ1) is 32.9. The Hall–Kier alpha value is -8.10. The molecule has 8 nitrogen and oxygen atoms in total. The molecule has 9 aromatic carbocycles. The second-order valence-electron chi connectivity index (χ2n) is 15.1. The summed E-state index contributed by atoms with van der Waals surface area (Å²) in [5.41, 5.74) is 9.00. The summed E-state index contributed by atoms with van der Waals surface area (Å²) in [6.45, 7) is 0.411. The molecule has 0 saturated carbocycles. The predicted octanol–water partition coefficient (Wildman–Crippen LogP) is 14.2. The second-order valence-corrected chi connectivity index (χ2v) is 15.1. The van der Waals surface area contributed by atoms with Crippen LogP contribution in [0.3, 0.4) is 0 Å². The lowest BCUT2D eigenvalue weighted by Gasteiger charge is -2.27. The van der Waals surface area contributed by atoms with Gasteiger partial charge in [0.15, 0.2) is 23.0 Å². The van der Waals surface area contributed by atoms with Crippen LogP contribution in [0.5, 0.6) is 23.0 Å². The molecule has 0 saturated heterocycles. The molecule has 11 aromatic rings. The first-order chi connectivity index (χ1) is 29.7. The molecule has 0 bridgehead atoms. The van der Waals surface area contributed by atoms with Crippen molar-refractivity contribution in [3.8, 4) is 23.0 Å². The van der Waals surface area contributed by atoms with Gasteiger partial charge in [0.1, 0.15) is 22.3 Å². The lowest BCUT2D eigenvalue weighted by atomic mass is 9.96. The van der Waals surface area contributed by atoms with Crippen LogP contribution in [0.2, 0.25) is 0 Å². The van der Waals surface area contributed by atoms with Crippen LogP contribution in [-0.2, 0) is 0 Å². The van der Waals surface area contributed by atoms with Gasteiger partial charge >= 0.3 is 0 Å². The highest BCUT2D eigenvalue weighted by Gasteiger charge is 2.27. The highest BCUT2D eigenvalue weighted by molar-refractivity contribution is 6.35. The van der Waals surface area contributed by atoms with E-state index in [1.807, 2.05) is 48.5 Å². The van der Waals surface area contributed by atoms with Crippen LogP contribution < -0.4 is 28.7 Å². The molecule has 8 heteroatoms. The van der Waals surface area contributed by atoms with Gasteiger partial charge < -0.3 is 37.6 Å². The number of hydrogen-bond donors (Lipinski definition) is 0. The zero-order chi connectivity index (χ0) is 39.3. The summed E-state index contributed by atoms with van der Waals surface area (Å²) in [7, 11) is 0. The average molecular weight is 781 g/mol. The molecule has 286 valence electrons. The van der Waals surface area contributed by atoms with Crippen molar-refractivity contribution in [2.75, 3.05) is 23.4 Å². The fourth-order valence-corrected chi connectivity index (χ4v) is 9.23. The van der Waals surface area contributed by atoms with Gasteiger partial charge in [0.05, 0.1) is 22.7 Å². The third-order valence-corrected chi connectivity index (χ3v) is 11.8. The summed E-state index contributed by atoms with van der Waals surface area (Å²) in [5, 5.41) is 8.42. The lowest BCUT2D eigenvalue weighted by Crippen LogP contribution is -2.10. The van der Waals surface area contributed by atoms with Crippen molar-refractivity contribution in [1.29, 1.82) is 0 Å². The molecule has 0 amide bonds. The molecular formula is C52H32N2O6. The summed E-state index contributed by atoms with van der Waals surface area (Å²) >= 11 is 0. The highest BCUT2D eigenvalue weighted by Crippen LogP contribution is 2.51. The summed E-state index contributed by atoms with van der Waals surface area (Å²) in [4.78, 5) is 4.51. The van der Waals surface area contributed by atoms with Gasteiger partial charge in [-0.2, -0.15) is 0 Å². The maximum atomic E-state index is 6.91. The van der Waals surface area contributed by atoms with Crippen molar-refractivity contribution in [2.45, 2.75) is 0 Å². The van der Waals surface area contributed by atoms with Crippen molar-refractivity contribution >= 4 is 99.5 Å². The number of furan rings is 2. The van der Waals surface area contributed by atoms with E-state index in [0.717, 1.165) is 123 Å². The van der Waals surface area contributed by atoms with E-state index in [9.17, 15) is 0 Å². The molecule has 0 spiro atoms. The fraction of sp³-hybridized carbons (Fsp3) is 0.0385. The zero-order valence-electron chi connectivity index (χ0n) is 31.9. The SMILES string of the molecule is c1ccc(N(c2ccc3c(c2)OCO3)c2cc3oc4ccc5oc6cc(N(c7ccccc7)c7ccc8c(c7)OCO8)c7ccccc7c6c5c4c3c3ccccc23)cc1. The molecule has 2 aliphatic rings. The highest BCUT2D eigenvalue weighted by atomic mass is 16.7. The van der Waals surface area contributed by atoms with E-state index in [1.165, 1.54) is 0 Å². The predicted molar refractivity (Wildman–Crippen MR) is 238 cm³/mol. The standard InChI is InChI=1S/C52H32N2O6/c1-3-11-31(12-4-1)53(33-19-21-41-45(25-33)57-29-55-41)39-27-47-49(37-17-9-7-15-35(37)39)51-43(59-47)23-24-44-52(51)50-38-18-10-8-16-36(38)40(28-48(50)60-44)54(32-13-5-2-6-14-32)34-20-22-42-46(26-34)58-30-56-42/h1-28H,29-30H2. The van der Waals surface area contributed by atoms with Crippen LogP contribution in [-0.4, -0.2) is 13.6 Å². The Balaban J connectivity index is 1.08. The Morgan fingerprint density at radius 1 is 0.300 bits per heavy atom. The number of ether oxygens (including phenoxy) is 4. The van der Waals surface area contributed by atoms with E-state index in [-0.39, 0.29) is 13.6 Å². The number of rotatable bonds is 6. The Morgan fingerprint density at radius 3 is 1.15 bits per heavy atom. The molecule has 4 heterocycles. The minimum atomic E-state index is 0.205. The van der Waals surface area contributed by atoms with Crippen LogP contribution >= 0.6 is 0 Å². The van der Waals surface area contributed by atoms with E-state index < -0.39 is 0 Å². The molecule has 13 rings (SSSR count). The van der Waals surface area contributed by atoms with Crippen LogP contribution in [0.25, 0.3) is 65.4 Å². The monoisotopic (exact) mass is 780 g/mol. The zero-order valence-corrected chi connectivity index (χ0v) is 31.9. The summed E-state index contributed by atoms with van der Waals surface area (Å²) in [6, 6.07) is 58.5. The summed E-state index contributed by atoms with van der Waals surface area (Å²) in [6.07, 6.45) is 0. The van der Waals surface area contributed by atoms with Gasteiger partial charge in [0, 0.05) is 68.0 Å². The summed E-state index contributed by atoms with van der Waals surface area (Å²) < 4.78 is 36.9. The van der Waals surface area contributed by atoms with Gasteiger partial charge in [0.2, 0.25) is 13.6 Å². The van der Waals surface area contributed by atoms with Crippen molar-refractivity contribution in [3.63, 3.8) is 0 Å². The van der Waals surface area contributed by atoms with Gasteiger partial charge in [0.25, 0.3) is 0 Å². The van der Waals surface area contributed by atoms with Gasteiger partial charge in [-0.1, -0.05) is 84.9 Å².